The van der Waals surface area contributed by atoms with E-state index in [1.54, 1.807) is 0 Å². The lowest BCUT2D eigenvalue weighted by Crippen LogP contribution is -2.40. The second-order valence-electron chi connectivity index (χ2n) is 6.48. The largest absolute Gasteiger partial charge is 0.493 e. The highest BCUT2D eigenvalue weighted by Crippen LogP contribution is 2.26. The zero-order valence-corrected chi connectivity index (χ0v) is 13.4. The summed E-state index contributed by atoms with van der Waals surface area (Å²) < 4.78 is 5.59. The van der Waals surface area contributed by atoms with E-state index in [4.69, 9.17) is 4.74 Å². The summed E-state index contributed by atoms with van der Waals surface area (Å²) in [4.78, 5) is 2.66. The summed E-state index contributed by atoms with van der Waals surface area (Å²) in [5, 5.41) is 3.67. The highest BCUT2D eigenvalue weighted by molar-refractivity contribution is 5.39. The smallest absolute Gasteiger partial charge is 0.122 e. The van der Waals surface area contributed by atoms with Gasteiger partial charge in [0.2, 0.25) is 0 Å². The van der Waals surface area contributed by atoms with Gasteiger partial charge in [-0.1, -0.05) is 19.1 Å². The molecule has 116 valence electrons. The first kappa shape index (κ1) is 14.9. The molecule has 3 nitrogen and oxygen atoms in total. The monoisotopic (exact) mass is 288 g/mol. The van der Waals surface area contributed by atoms with E-state index in [0.717, 1.165) is 31.7 Å². The molecule has 0 bridgehead atoms. The minimum Gasteiger partial charge on any atom is -0.493 e. The average Bonchev–Trinajstić information content (AvgIpc) is 2.89. The Labute approximate surface area is 128 Å². The Morgan fingerprint density at radius 3 is 3.14 bits per heavy atom. The van der Waals surface area contributed by atoms with Crippen molar-refractivity contribution in [3.05, 3.63) is 29.3 Å². The molecule has 3 rings (SSSR count). The van der Waals surface area contributed by atoms with Crippen molar-refractivity contribution < 1.29 is 4.74 Å². The maximum Gasteiger partial charge on any atom is 0.122 e. The Kier molecular flexibility index (Phi) is 4.81. The summed E-state index contributed by atoms with van der Waals surface area (Å²) in [5.74, 6) is 1.09. The third-order valence-electron chi connectivity index (χ3n) is 5.01. The maximum atomic E-state index is 5.59. The van der Waals surface area contributed by atoms with Crippen LogP contribution in [0.1, 0.15) is 37.8 Å². The molecule has 1 saturated heterocycles. The predicted octanol–water partition coefficient (Wildman–Crippen LogP) is 2.63. The molecule has 0 radical (unpaired) electrons. The highest BCUT2D eigenvalue weighted by Gasteiger charge is 2.21. The zero-order valence-electron chi connectivity index (χ0n) is 13.4. The molecule has 0 saturated carbocycles. The van der Waals surface area contributed by atoms with Crippen LogP contribution in [0, 0.1) is 0 Å². The van der Waals surface area contributed by atoms with Crippen LogP contribution < -0.4 is 10.1 Å². The number of benzene rings is 1. The summed E-state index contributed by atoms with van der Waals surface area (Å²) in [6, 6.07) is 8.08. The SMILES string of the molecule is CCC1CN(CCc2ccc3c(c2)CCO3)C(C)CCN1. The Bertz CT molecular complexity index is 474. The Morgan fingerprint density at radius 1 is 1.38 bits per heavy atom. The van der Waals surface area contributed by atoms with E-state index < -0.39 is 0 Å². The fourth-order valence-corrected chi connectivity index (χ4v) is 3.46. The van der Waals surface area contributed by atoms with Crippen molar-refractivity contribution in [1.29, 1.82) is 0 Å². The minimum absolute atomic E-state index is 0.656. The molecule has 0 aromatic heterocycles. The topological polar surface area (TPSA) is 24.5 Å². The number of hydrogen-bond acceptors (Lipinski definition) is 3. The Hall–Kier alpha value is -1.06. The molecule has 0 spiro atoms. The van der Waals surface area contributed by atoms with Gasteiger partial charge in [0.25, 0.3) is 0 Å². The highest BCUT2D eigenvalue weighted by atomic mass is 16.5. The lowest BCUT2D eigenvalue weighted by Gasteiger charge is -2.28. The molecule has 2 aliphatic heterocycles. The third kappa shape index (κ3) is 3.58. The fraction of sp³-hybridized carbons (Fsp3) is 0.667. The van der Waals surface area contributed by atoms with Crippen molar-refractivity contribution in [2.24, 2.45) is 0 Å². The fourth-order valence-electron chi connectivity index (χ4n) is 3.46. The summed E-state index contributed by atoms with van der Waals surface area (Å²) in [5.41, 5.74) is 2.85. The molecule has 2 atom stereocenters. The lowest BCUT2D eigenvalue weighted by atomic mass is 10.1. The van der Waals surface area contributed by atoms with Gasteiger partial charge in [0.05, 0.1) is 6.61 Å². The lowest BCUT2D eigenvalue weighted by molar-refractivity contribution is 0.205. The third-order valence-corrected chi connectivity index (χ3v) is 5.01. The van der Waals surface area contributed by atoms with Crippen LogP contribution >= 0.6 is 0 Å². The van der Waals surface area contributed by atoms with Gasteiger partial charge in [-0.2, -0.15) is 0 Å². The van der Waals surface area contributed by atoms with E-state index in [1.807, 2.05) is 0 Å². The van der Waals surface area contributed by atoms with Crippen LogP contribution in [0.25, 0.3) is 0 Å². The van der Waals surface area contributed by atoms with Crippen LogP contribution in [0.5, 0.6) is 5.75 Å². The quantitative estimate of drug-likeness (QED) is 0.922. The second-order valence-corrected chi connectivity index (χ2v) is 6.48. The summed E-state index contributed by atoms with van der Waals surface area (Å²) in [6.45, 7) is 9.02. The van der Waals surface area contributed by atoms with Gasteiger partial charge in [-0.05, 0) is 49.9 Å². The molecule has 1 N–H and O–H groups in total. The minimum atomic E-state index is 0.656. The van der Waals surface area contributed by atoms with Crippen molar-refractivity contribution in [2.45, 2.75) is 51.6 Å². The zero-order chi connectivity index (χ0) is 14.7. The molecule has 2 aliphatic rings. The molecule has 21 heavy (non-hydrogen) atoms. The van der Waals surface area contributed by atoms with Gasteiger partial charge in [0.15, 0.2) is 0 Å². The normalized spacial score (nSPS) is 26.2. The van der Waals surface area contributed by atoms with E-state index >= 15 is 0 Å². The predicted molar refractivity (Wildman–Crippen MR) is 87.1 cm³/mol. The second kappa shape index (κ2) is 6.80. The van der Waals surface area contributed by atoms with Crippen molar-refractivity contribution in [2.75, 3.05) is 26.2 Å². The molecular weight excluding hydrogens is 260 g/mol. The van der Waals surface area contributed by atoms with Crippen molar-refractivity contribution in [1.82, 2.24) is 10.2 Å². The summed E-state index contributed by atoms with van der Waals surface area (Å²) in [7, 11) is 0. The number of fused-ring (bicyclic) bond motifs is 1. The molecule has 2 unspecified atom stereocenters. The number of nitrogens with one attached hydrogen (secondary N) is 1. The van der Waals surface area contributed by atoms with Crippen LogP contribution in [0.15, 0.2) is 18.2 Å². The first-order chi connectivity index (χ1) is 10.3. The van der Waals surface area contributed by atoms with Crippen molar-refractivity contribution in [3.8, 4) is 5.75 Å². The Balaban J connectivity index is 1.60. The van der Waals surface area contributed by atoms with Gasteiger partial charge in [0, 0.05) is 31.6 Å². The van der Waals surface area contributed by atoms with Gasteiger partial charge in [0.1, 0.15) is 5.75 Å². The number of ether oxygens (including phenoxy) is 1. The van der Waals surface area contributed by atoms with Crippen molar-refractivity contribution in [3.63, 3.8) is 0 Å². The van der Waals surface area contributed by atoms with Crippen LogP contribution in [0.3, 0.4) is 0 Å². The molecule has 1 aromatic carbocycles. The first-order valence-electron chi connectivity index (χ1n) is 8.48. The molecule has 1 fully saturated rings. The molecule has 3 heteroatoms. The van der Waals surface area contributed by atoms with E-state index in [2.05, 4.69) is 42.3 Å². The van der Waals surface area contributed by atoms with Crippen LogP contribution in [-0.2, 0) is 12.8 Å². The first-order valence-corrected chi connectivity index (χ1v) is 8.48. The average molecular weight is 288 g/mol. The number of nitrogens with zero attached hydrogens (tertiary/aromatic N) is 1. The van der Waals surface area contributed by atoms with Crippen LogP contribution in [0.2, 0.25) is 0 Å². The van der Waals surface area contributed by atoms with Gasteiger partial charge >= 0.3 is 0 Å². The van der Waals surface area contributed by atoms with E-state index in [9.17, 15) is 0 Å². The van der Waals surface area contributed by atoms with Crippen LogP contribution in [0.4, 0.5) is 0 Å². The molecular formula is C18H28N2O. The van der Waals surface area contributed by atoms with Crippen molar-refractivity contribution >= 4 is 0 Å². The number of rotatable bonds is 4. The molecule has 1 aromatic rings. The van der Waals surface area contributed by atoms with Gasteiger partial charge in [-0.25, -0.2) is 0 Å². The molecule has 2 heterocycles. The van der Waals surface area contributed by atoms with E-state index in [-0.39, 0.29) is 0 Å². The molecule has 0 aliphatic carbocycles. The standard InChI is InChI=1S/C18H28N2O/c1-3-17-13-20(14(2)6-9-19-17)10-7-15-4-5-18-16(12-15)8-11-21-18/h4-5,12,14,17,19H,3,6-11,13H2,1-2H3. The van der Waals surface area contributed by atoms with Gasteiger partial charge in [-0.3, -0.25) is 4.90 Å². The summed E-state index contributed by atoms with van der Waals surface area (Å²) >= 11 is 0. The Morgan fingerprint density at radius 2 is 2.29 bits per heavy atom. The number of hydrogen-bond donors (Lipinski definition) is 1. The van der Waals surface area contributed by atoms with Gasteiger partial charge in [-0.15, -0.1) is 0 Å². The van der Waals surface area contributed by atoms with E-state index in [0.29, 0.717) is 12.1 Å². The maximum absolute atomic E-state index is 5.59. The molecule has 0 amide bonds. The summed E-state index contributed by atoms with van der Waals surface area (Å²) in [6.07, 6.45) is 4.70. The van der Waals surface area contributed by atoms with Crippen LogP contribution in [-0.4, -0.2) is 43.2 Å². The van der Waals surface area contributed by atoms with Gasteiger partial charge < -0.3 is 10.1 Å². The van der Waals surface area contributed by atoms with E-state index in [1.165, 1.54) is 37.1 Å².